The van der Waals surface area contributed by atoms with Crippen molar-refractivity contribution < 1.29 is 0 Å². The normalized spacial score (nSPS) is 13.1. The summed E-state index contributed by atoms with van der Waals surface area (Å²) in [5, 5.41) is 5.23. The van der Waals surface area contributed by atoms with Crippen LogP contribution in [0.4, 0.5) is 0 Å². The van der Waals surface area contributed by atoms with Crippen molar-refractivity contribution in [3.63, 3.8) is 0 Å². The van der Waals surface area contributed by atoms with Crippen LogP contribution in [0, 0.1) is 0 Å². The van der Waals surface area contributed by atoms with E-state index in [2.05, 4.69) is 68.6 Å². The summed E-state index contributed by atoms with van der Waals surface area (Å²) in [6.45, 7) is 10.4. The van der Waals surface area contributed by atoms with Crippen molar-refractivity contribution in [3.05, 3.63) is 77.9 Å². The summed E-state index contributed by atoms with van der Waals surface area (Å²) in [6.07, 6.45) is 6.18. The molecule has 0 fully saturated rings. The zero-order chi connectivity index (χ0) is 14.6. The first-order valence-corrected chi connectivity index (χ1v) is 7.23. The Hall–Kier alpha value is -2.60. The highest BCUT2D eigenvalue weighted by Gasteiger charge is 2.24. The maximum atomic E-state index is 4.39. The van der Waals surface area contributed by atoms with Gasteiger partial charge in [0.2, 0.25) is 0 Å². The number of allylic oxidation sites excluding steroid dienone is 1. The Balaban J connectivity index is 2.30. The van der Waals surface area contributed by atoms with Gasteiger partial charge in [0.1, 0.15) is 0 Å². The van der Waals surface area contributed by atoms with Crippen LogP contribution in [0.5, 0.6) is 0 Å². The van der Waals surface area contributed by atoms with E-state index < -0.39 is 0 Å². The number of hydrogen-bond donors (Lipinski definition) is 0. The van der Waals surface area contributed by atoms with Crippen molar-refractivity contribution in [1.29, 1.82) is 0 Å². The number of benzene rings is 3. The second kappa shape index (κ2) is 4.20. The summed E-state index contributed by atoms with van der Waals surface area (Å²) >= 11 is 0. The molecule has 0 bridgehead atoms. The lowest BCUT2D eigenvalue weighted by Gasteiger charge is -2.07. The second-order valence-corrected chi connectivity index (χ2v) is 5.50. The third-order valence-corrected chi connectivity index (χ3v) is 4.40. The predicted octanol–water partition coefficient (Wildman–Crippen LogP) is 6.04. The lowest BCUT2D eigenvalue weighted by Crippen LogP contribution is -1.87. The maximum absolute atomic E-state index is 4.39. The molecule has 0 heteroatoms. The first kappa shape index (κ1) is 12.2. The number of hydrogen-bond acceptors (Lipinski definition) is 0. The molecule has 4 rings (SSSR count). The van der Waals surface area contributed by atoms with Gasteiger partial charge in [-0.05, 0) is 56.3 Å². The fourth-order valence-corrected chi connectivity index (χ4v) is 3.53. The summed E-state index contributed by atoms with van der Waals surface area (Å²) < 4.78 is 0. The van der Waals surface area contributed by atoms with Crippen molar-refractivity contribution in [2.75, 3.05) is 0 Å². The summed E-state index contributed by atoms with van der Waals surface area (Å²) in [6, 6.07) is 13.1. The van der Waals surface area contributed by atoms with Crippen LogP contribution >= 0.6 is 0 Å². The van der Waals surface area contributed by atoms with Crippen molar-refractivity contribution in [2.45, 2.75) is 6.92 Å². The van der Waals surface area contributed by atoms with E-state index in [1.54, 1.807) is 0 Å². The Morgan fingerprint density at radius 1 is 0.810 bits per heavy atom. The smallest absolute Gasteiger partial charge is 0.00143 e. The lowest BCUT2D eigenvalue weighted by atomic mass is 9.96. The molecule has 0 aliphatic heterocycles. The van der Waals surface area contributed by atoms with E-state index in [0.717, 1.165) is 5.57 Å². The Morgan fingerprint density at radius 2 is 1.33 bits per heavy atom. The van der Waals surface area contributed by atoms with Gasteiger partial charge in [0.15, 0.2) is 0 Å². The van der Waals surface area contributed by atoms with E-state index in [0.29, 0.717) is 0 Å². The average Bonchev–Trinajstić information content (AvgIpc) is 2.83. The van der Waals surface area contributed by atoms with Crippen LogP contribution < -0.4 is 0 Å². The molecule has 1 aliphatic carbocycles. The van der Waals surface area contributed by atoms with Gasteiger partial charge in [-0.1, -0.05) is 67.8 Å². The minimum Gasteiger partial charge on any atom is -0.0984 e. The van der Waals surface area contributed by atoms with Crippen LogP contribution in [0.3, 0.4) is 0 Å². The van der Waals surface area contributed by atoms with Crippen LogP contribution in [0.2, 0.25) is 0 Å². The van der Waals surface area contributed by atoms with E-state index >= 15 is 0 Å². The van der Waals surface area contributed by atoms with Crippen molar-refractivity contribution in [3.8, 4) is 0 Å². The van der Waals surface area contributed by atoms with Gasteiger partial charge >= 0.3 is 0 Å². The molecule has 0 N–H and O–H groups in total. The molecule has 100 valence electrons. The minimum absolute atomic E-state index is 1.12. The van der Waals surface area contributed by atoms with Crippen LogP contribution in [0.1, 0.15) is 29.2 Å². The van der Waals surface area contributed by atoms with Gasteiger partial charge in [-0.3, -0.25) is 0 Å². The molecule has 3 aromatic rings. The Morgan fingerprint density at radius 3 is 1.90 bits per heavy atom. The van der Waals surface area contributed by atoms with Gasteiger partial charge < -0.3 is 0 Å². The summed E-state index contributed by atoms with van der Waals surface area (Å²) in [5.41, 5.74) is 6.06. The van der Waals surface area contributed by atoms with Gasteiger partial charge in [-0.25, -0.2) is 0 Å². The Bertz CT molecular complexity index is 968. The largest absolute Gasteiger partial charge is 0.0984 e. The second-order valence-electron chi connectivity index (χ2n) is 5.50. The van der Waals surface area contributed by atoms with E-state index in [9.17, 15) is 0 Å². The molecule has 0 radical (unpaired) electrons. The zero-order valence-electron chi connectivity index (χ0n) is 12.1. The molecule has 1 aliphatic rings. The molecule has 0 saturated heterocycles. The van der Waals surface area contributed by atoms with Gasteiger partial charge in [0.25, 0.3) is 0 Å². The highest BCUT2D eigenvalue weighted by atomic mass is 14.3. The minimum atomic E-state index is 1.12. The third-order valence-electron chi connectivity index (χ3n) is 4.40. The van der Waals surface area contributed by atoms with Gasteiger partial charge in [0, 0.05) is 0 Å². The van der Waals surface area contributed by atoms with E-state index in [1.807, 2.05) is 6.08 Å². The summed E-state index contributed by atoms with van der Waals surface area (Å²) in [4.78, 5) is 0. The topological polar surface area (TPSA) is 0 Å². The lowest BCUT2D eigenvalue weighted by molar-refractivity contribution is 1.64. The average molecular weight is 268 g/mol. The first-order chi connectivity index (χ1) is 10.3. The van der Waals surface area contributed by atoms with Crippen molar-refractivity contribution in [2.24, 2.45) is 0 Å². The molecule has 0 unspecified atom stereocenters. The van der Waals surface area contributed by atoms with E-state index in [-0.39, 0.29) is 0 Å². The Labute approximate surface area is 124 Å². The van der Waals surface area contributed by atoms with Crippen LogP contribution in [-0.4, -0.2) is 0 Å². The molecule has 0 spiro atoms. The molecule has 0 heterocycles. The van der Waals surface area contributed by atoms with Crippen LogP contribution in [-0.2, 0) is 0 Å². The first-order valence-electron chi connectivity index (χ1n) is 7.23. The molecule has 0 atom stereocenters. The van der Waals surface area contributed by atoms with Gasteiger partial charge in [-0.15, -0.1) is 0 Å². The quantitative estimate of drug-likeness (QED) is 0.388. The van der Waals surface area contributed by atoms with Gasteiger partial charge in [0.05, 0.1) is 0 Å². The fraction of sp³-hybridized carbons (Fsp3) is 0.0476. The van der Waals surface area contributed by atoms with Crippen molar-refractivity contribution in [1.82, 2.24) is 0 Å². The molecule has 0 nitrogen and oxygen atoms in total. The standard InChI is InChI=1S/C21H16/c1-4-6-15-9-10-17-12-11-16-8-7-14(5-2)18-13(3)19(15)21(17)20(16)18/h4-12H,2-3H2,1H3/b6-4-. The number of rotatable bonds is 2. The van der Waals surface area contributed by atoms with Gasteiger partial charge in [-0.2, -0.15) is 0 Å². The summed E-state index contributed by atoms with van der Waals surface area (Å²) in [5.74, 6) is 0. The monoisotopic (exact) mass is 268 g/mol. The Kier molecular flexibility index (Phi) is 2.43. The van der Waals surface area contributed by atoms with E-state index in [4.69, 9.17) is 0 Å². The van der Waals surface area contributed by atoms with Crippen LogP contribution in [0.25, 0.3) is 39.3 Å². The zero-order valence-corrected chi connectivity index (χ0v) is 12.1. The molecular weight excluding hydrogens is 252 g/mol. The van der Waals surface area contributed by atoms with Crippen LogP contribution in [0.15, 0.2) is 55.6 Å². The highest BCUT2D eigenvalue weighted by molar-refractivity contribution is 6.25. The predicted molar refractivity (Wildman–Crippen MR) is 94.4 cm³/mol. The molecule has 3 aromatic carbocycles. The molecule has 21 heavy (non-hydrogen) atoms. The van der Waals surface area contributed by atoms with Crippen molar-refractivity contribution >= 4 is 39.3 Å². The molecule has 0 amide bonds. The molecule has 0 aromatic heterocycles. The maximum Gasteiger partial charge on any atom is -0.00143 e. The third kappa shape index (κ3) is 1.45. The fourth-order valence-electron chi connectivity index (χ4n) is 3.53. The highest BCUT2D eigenvalue weighted by Crippen LogP contribution is 2.47. The summed E-state index contributed by atoms with van der Waals surface area (Å²) in [7, 11) is 0. The van der Waals surface area contributed by atoms with E-state index in [1.165, 1.54) is 43.8 Å². The molecule has 0 saturated carbocycles. The molecular formula is C21H16. The SMILES string of the molecule is C=Cc1ccc2ccc3ccc(/C=C\C)c4c3c2c1C4=C.